The number of anilines is 1. The van der Waals surface area contributed by atoms with Crippen molar-refractivity contribution >= 4 is 44.4 Å². The topological polar surface area (TPSA) is 91.8 Å². The molecule has 2 heterocycles. The van der Waals surface area contributed by atoms with E-state index in [1.807, 2.05) is 0 Å². The molecule has 0 saturated carbocycles. The van der Waals surface area contributed by atoms with Crippen LogP contribution in [0.25, 0.3) is 0 Å². The average molecular weight is 336 g/mol. The summed E-state index contributed by atoms with van der Waals surface area (Å²) in [7, 11) is 0. The maximum Gasteiger partial charge on any atom is 0.334 e. The maximum atomic E-state index is 11.9. The van der Waals surface area contributed by atoms with E-state index in [2.05, 4.69) is 26.2 Å². The first-order valence-corrected chi connectivity index (χ1v) is 6.69. The van der Waals surface area contributed by atoms with Crippen molar-refractivity contribution in [2.24, 2.45) is 0 Å². The van der Waals surface area contributed by atoms with Crippen LogP contribution in [0, 0.1) is 0 Å². The number of carboxylic acid groups (broad SMARTS) is 1. The zero-order chi connectivity index (χ0) is 13.1. The number of aromatic nitrogens is 1. The number of aliphatic carboxylic acids is 1. The van der Waals surface area contributed by atoms with Crippen molar-refractivity contribution < 1.29 is 19.4 Å². The fraction of sp³-hybridized carbons (Fsp3) is 0.444. The Kier molecular flexibility index (Phi) is 4.15. The Labute approximate surface area is 115 Å². The number of thiazole rings is 1. The molecule has 1 saturated heterocycles. The van der Waals surface area contributed by atoms with Crippen LogP contribution in [0.4, 0.5) is 9.93 Å². The van der Waals surface area contributed by atoms with E-state index in [-0.39, 0.29) is 19.2 Å². The molecule has 1 fully saturated rings. The summed E-state index contributed by atoms with van der Waals surface area (Å²) in [6.45, 7) is 0.613. The van der Waals surface area contributed by atoms with Gasteiger partial charge in [-0.1, -0.05) is 11.3 Å². The van der Waals surface area contributed by atoms with Crippen LogP contribution < -0.4 is 5.32 Å². The number of amides is 2. The Morgan fingerprint density at radius 3 is 3.06 bits per heavy atom. The summed E-state index contributed by atoms with van der Waals surface area (Å²) < 4.78 is 5.84. The predicted molar refractivity (Wildman–Crippen MR) is 67.8 cm³/mol. The third-order valence-corrected chi connectivity index (χ3v) is 3.71. The second kappa shape index (κ2) is 5.63. The van der Waals surface area contributed by atoms with E-state index in [0.717, 1.165) is 3.79 Å². The molecule has 0 bridgehead atoms. The zero-order valence-corrected chi connectivity index (χ0v) is 11.5. The number of carboxylic acids is 1. The molecule has 2 amide bonds. The van der Waals surface area contributed by atoms with Crippen molar-refractivity contribution in [1.29, 1.82) is 0 Å². The molecule has 1 atom stereocenters. The number of hydrogen-bond donors (Lipinski definition) is 2. The molecular weight excluding hydrogens is 326 g/mol. The van der Waals surface area contributed by atoms with Gasteiger partial charge in [-0.3, -0.25) is 5.32 Å². The van der Waals surface area contributed by atoms with E-state index in [9.17, 15) is 9.59 Å². The number of halogens is 1. The molecular formula is C9H10BrN3O4S. The Morgan fingerprint density at radius 2 is 2.44 bits per heavy atom. The summed E-state index contributed by atoms with van der Waals surface area (Å²) in [5.41, 5.74) is 0. The predicted octanol–water partition coefficient (Wildman–Crippen LogP) is 1.22. The van der Waals surface area contributed by atoms with Gasteiger partial charge in [0.2, 0.25) is 0 Å². The lowest BCUT2D eigenvalue weighted by Crippen LogP contribution is -2.49. The van der Waals surface area contributed by atoms with Gasteiger partial charge in [0.05, 0.1) is 23.1 Å². The van der Waals surface area contributed by atoms with Crippen molar-refractivity contribution in [3.8, 4) is 0 Å². The van der Waals surface area contributed by atoms with Gasteiger partial charge in [-0.05, 0) is 15.9 Å². The third kappa shape index (κ3) is 3.18. The number of carbonyl (C=O) groups excluding carboxylic acids is 1. The summed E-state index contributed by atoms with van der Waals surface area (Å²) in [6, 6.07) is -0.369. The van der Waals surface area contributed by atoms with Crippen LogP contribution in [0.2, 0.25) is 0 Å². The summed E-state index contributed by atoms with van der Waals surface area (Å²) in [5.74, 6) is -1.07. The van der Waals surface area contributed by atoms with Gasteiger partial charge in [0.25, 0.3) is 0 Å². The quantitative estimate of drug-likeness (QED) is 0.847. The Balaban J connectivity index is 1.94. The highest BCUT2D eigenvalue weighted by Gasteiger charge is 2.29. The van der Waals surface area contributed by atoms with E-state index in [1.54, 1.807) is 6.20 Å². The van der Waals surface area contributed by atoms with Crippen LogP contribution in [0.15, 0.2) is 9.98 Å². The van der Waals surface area contributed by atoms with Gasteiger partial charge < -0.3 is 14.7 Å². The minimum Gasteiger partial charge on any atom is -0.479 e. The molecule has 1 aromatic rings. The minimum absolute atomic E-state index is 0.0354. The summed E-state index contributed by atoms with van der Waals surface area (Å²) in [4.78, 5) is 28.0. The normalized spacial score (nSPS) is 19.6. The number of hydrogen-bond acceptors (Lipinski definition) is 5. The summed E-state index contributed by atoms with van der Waals surface area (Å²) in [6.07, 6.45) is 0.618. The first-order chi connectivity index (χ1) is 8.56. The standard InChI is InChI=1S/C9H10BrN3O4S/c10-6-3-11-8(18-6)12-9(16)13-1-2-17-5(4-13)7(14)15/h3,5H,1-2,4H2,(H,14,15)(H,11,12,16). The van der Waals surface area contributed by atoms with Crippen LogP contribution in [-0.2, 0) is 9.53 Å². The molecule has 2 N–H and O–H groups in total. The first kappa shape index (κ1) is 13.2. The summed E-state index contributed by atoms with van der Waals surface area (Å²) >= 11 is 4.53. The highest BCUT2D eigenvalue weighted by Crippen LogP contribution is 2.23. The molecule has 0 radical (unpaired) electrons. The smallest absolute Gasteiger partial charge is 0.334 e. The van der Waals surface area contributed by atoms with Crippen molar-refractivity contribution in [2.45, 2.75) is 6.10 Å². The lowest BCUT2D eigenvalue weighted by Gasteiger charge is -2.30. The molecule has 98 valence electrons. The van der Waals surface area contributed by atoms with Crippen LogP contribution in [0.1, 0.15) is 0 Å². The highest BCUT2D eigenvalue weighted by molar-refractivity contribution is 9.11. The van der Waals surface area contributed by atoms with Crippen molar-refractivity contribution in [3.05, 3.63) is 9.98 Å². The number of carbonyl (C=O) groups is 2. The fourth-order valence-electron chi connectivity index (χ4n) is 1.47. The zero-order valence-electron chi connectivity index (χ0n) is 9.13. The molecule has 1 aliphatic rings. The first-order valence-electron chi connectivity index (χ1n) is 5.08. The number of morpholine rings is 1. The van der Waals surface area contributed by atoms with Gasteiger partial charge in [-0.15, -0.1) is 0 Å². The van der Waals surface area contributed by atoms with Crippen LogP contribution in [0.5, 0.6) is 0 Å². The number of rotatable bonds is 2. The molecule has 18 heavy (non-hydrogen) atoms. The maximum absolute atomic E-state index is 11.9. The van der Waals surface area contributed by atoms with E-state index in [0.29, 0.717) is 11.7 Å². The van der Waals surface area contributed by atoms with Gasteiger partial charge in [0, 0.05) is 6.54 Å². The third-order valence-electron chi connectivity index (χ3n) is 2.32. The van der Waals surface area contributed by atoms with E-state index in [4.69, 9.17) is 9.84 Å². The van der Waals surface area contributed by atoms with Gasteiger partial charge in [0.15, 0.2) is 11.2 Å². The van der Waals surface area contributed by atoms with Crippen molar-refractivity contribution in [3.63, 3.8) is 0 Å². The molecule has 0 spiro atoms. The monoisotopic (exact) mass is 335 g/mol. The lowest BCUT2D eigenvalue weighted by atomic mass is 10.3. The second-order valence-electron chi connectivity index (χ2n) is 3.54. The number of urea groups is 1. The minimum atomic E-state index is -1.07. The molecule has 1 aliphatic heterocycles. The van der Waals surface area contributed by atoms with E-state index in [1.165, 1.54) is 16.2 Å². The number of nitrogens with one attached hydrogen (secondary N) is 1. The Bertz CT molecular complexity index is 466. The Morgan fingerprint density at radius 1 is 1.67 bits per heavy atom. The van der Waals surface area contributed by atoms with Crippen LogP contribution >= 0.6 is 27.3 Å². The van der Waals surface area contributed by atoms with E-state index >= 15 is 0 Å². The van der Waals surface area contributed by atoms with Gasteiger partial charge in [-0.25, -0.2) is 14.6 Å². The molecule has 0 aromatic carbocycles. The molecule has 1 unspecified atom stereocenters. The molecule has 7 nitrogen and oxygen atoms in total. The second-order valence-corrected chi connectivity index (χ2v) is 5.95. The van der Waals surface area contributed by atoms with Crippen molar-refractivity contribution in [1.82, 2.24) is 9.88 Å². The molecule has 2 rings (SSSR count). The Hall–Kier alpha value is -1.19. The van der Waals surface area contributed by atoms with E-state index < -0.39 is 12.1 Å². The van der Waals surface area contributed by atoms with Gasteiger partial charge in [0.1, 0.15) is 0 Å². The highest BCUT2D eigenvalue weighted by atomic mass is 79.9. The van der Waals surface area contributed by atoms with Crippen LogP contribution in [-0.4, -0.2) is 52.8 Å². The molecule has 1 aromatic heterocycles. The van der Waals surface area contributed by atoms with Gasteiger partial charge in [-0.2, -0.15) is 0 Å². The molecule has 0 aliphatic carbocycles. The van der Waals surface area contributed by atoms with Gasteiger partial charge >= 0.3 is 12.0 Å². The summed E-state index contributed by atoms with van der Waals surface area (Å²) in [5, 5.41) is 11.9. The SMILES string of the molecule is O=C(O)C1CN(C(=O)Nc2ncc(Br)s2)CCO1. The largest absolute Gasteiger partial charge is 0.479 e. The number of nitrogens with zero attached hydrogens (tertiary/aromatic N) is 2. The van der Waals surface area contributed by atoms with Crippen molar-refractivity contribution in [2.75, 3.05) is 25.0 Å². The lowest BCUT2D eigenvalue weighted by molar-refractivity contribution is -0.154. The number of ether oxygens (including phenoxy) is 1. The fourth-order valence-corrected chi connectivity index (χ4v) is 2.56. The average Bonchev–Trinajstić information content (AvgIpc) is 2.75. The molecule has 9 heteroatoms. The van der Waals surface area contributed by atoms with Crippen LogP contribution in [0.3, 0.4) is 0 Å².